The van der Waals surface area contributed by atoms with E-state index in [-0.39, 0.29) is 5.82 Å². The molecule has 0 amide bonds. The summed E-state index contributed by atoms with van der Waals surface area (Å²) in [6.07, 6.45) is 6.87. The van der Waals surface area contributed by atoms with Gasteiger partial charge in [0.15, 0.2) is 11.6 Å². The molecule has 104 valence electrons. The van der Waals surface area contributed by atoms with Gasteiger partial charge in [0.2, 0.25) is 0 Å². The van der Waals surface area contributed by atoms with Crippen molar-refractivity contribution in [2.45, 2.75) is 51.1 Å². The summed E-state index contributed by atoms with van der Waals surface area (Å²) in [7, 11) is 0. The Kier molecular flexibility index (Phi) is 3.64. The third-order valence-electron chi connectivity index (χ3n) is 4.02. The van der Waals surface area contributed by atoms with Crippen molar-refractivity contribution in [2.24, 2.45) is 0 Å². The lowest BCUT2D eigenvalue weighted by Crippen LogP contribution is -2.43. The van der Waals surface area contributed by atoms with E-state index in [9.17, 15) is 4.39 Å². The van der Waals surface area contributed by atoms with Crippen molar-refractivity contribution in [1.29, 1.82) is 0 Å². The summed E-state index contributed by atoms with van der Waals surface area (Å²) < 4.78 is 14.2. The molecule has 0 spiro atoms. The predicted octanol–water partition coefficient (Wildman–Crippen LogP) is 1.90. The third-order valence-corrected chi connectivity index (χ3v) is 4.02. The van der Waals surface area contributed by atoms with E-state index in [2.05, 4.69) is 20.2 Å². The molecule has 2 fully saturated rings. The van der Waals surface area contributed by atoms with Gasteiger partial charge in [-0.15, -0.1) is 0 Å². The van der Waals surface area contributed by atoms with E-state index in [4.69, 9.17) is 0 Å². The van der Waals surface area contributed by atoms with Crippen LogP contribution in [-0.4, -0.2) is 35.1 Å². The molecular formula is C14H21FN4. The van der Waals surface area contributed by atoms with Gasteiger partial charge in [0.05, 0.1) is 5.69 Å². The first-order valence-electron chi connectivity index (χ1n) is 7.28. The van der Waals surface area contributed by atoms with Crippen LogP contribution in [0.3, 0.4) is 0 Å². The zero-order valence-electron chi connectivity index (χ0n) is 11.4. The Balaban J connectivity index is 1.64. The number of nitrogens with zero attached hydrogens (tertiary/aromatic N) is 3. The molecule has 19 heavy (non-hydrogen) atoms. The van der Waals surface area contributed by atoms with Crippen molar-refractivity contribution in [3.8, 4) is 0 Å². The SMILES string of the molecule is CCc1ncnc(N2CCC(NC3CC3)CC2)c1F. The highest BCUT2D eigenvalue weighted by Gasteiger charge is 2.28. The zero-order valence-corrected chi connectivity index (χ0v) is 11.4. The smallest absolute Gasteiger partial charge is 0.187 e. The maximum absolute atomic E-state index is 14.2. The summed E-state index contributed by atoms with van der Waals surface area (Å²) in [5.74, 6) is 0.246. The third kappa shape index (κ3) is 2.86. The van der Waals surface area contributed by atoms with Crippen LogP contribution in [0.5, 0.6) is 0 Å². The molecule has 1 saturated heterocycles. The minimum Gasteiger partial charge on any atom is -0.354 e. The normalized spacial score (nSPS) is 20.8. The first-order valence-corrected chi connectivity index (χ1v) is 7.28. The molecule has 0 bridgehead atoms. The molecule has 1 aliphatic carbocycles. The van der Waals surface area contributed by atoms with Gasteiger partial charge in [-0.1, -0.05) is 6.92 Å². The van der Waals surface area contributed by atoms with Crippen molar-refractivity contribution >= 4 is 5.82 Å². The Morgan fingerprint density at radius 2 is 1.89 bits per heavy atom. The Morgan fingerprint density at radius 1 is 1.21 bits per heavy atom. The van der Waals surface area contributed by atoms with Crippen LogP contribution >= 0.6 is 0 Å². The van der Waals surface area contributed by atoms with Crippen LogP contribution in [0.1, 0.15) is 38.3 Å². The minimum absolute atomic E-state index is 0.237. The number of nitrogens with one attached hydrogen (secondary N) is 1. The van der Waals surface area contributed by atoms with E-state index in [1.807, 2.05) is 6.92 Å². The largest absolute Gasteiger partial charge is 0.354 e. The number of rotatable bonds is 4. The van der Waals surface area contributed by atoms with E-state index in [1.165, 1.54) is 19.2 Å². The van der Waals surface area contributed by atoms with Crippen LogP contribution in [0.25, 0.3) is 0 Å². The van der Waals surface area contributed by atoms with Crippen molar-refractivity contribution < 1.29 is 4.39 Å². The molecule has 0 atom stereocenters. The molecule has 1 saturated carbocycles. The highest BCUT2D eigenvalue weighted by molar-refractivity contribution is 5.41. The van der Waals surface area contributed by atoms with Crippen LogP contribution in [-0.2, 0) is 6.42 Å². The average molecular weight is 264 g/mol. The predicted molar refractivity (Wildman–Crippen MR) is 72.8 cm³/mol. The number of aryl methyl sites for hydroxylation is 1. The zero-order chi connectivity index (χ0) is 13.2. The first-order chi connectivity index (χ1) is 9.28. The van der Waals surface area contributed by atoms with Crippen molar-refractivity contribution in [3.05, 3.63) is 17.8 Å². The highest BCUT2D eigenvalue weighted by Crippen LogP contribution is 2.25. The Bertz CT molecular complexity index is 439. The summed E-state index contributed by atoms with van der Waals surface area (Å²) in [6, 6.07) is 1.35. The highest BCUT2D eigenvalue weighted by atomic mass is 19.1. The van der Waals surface area contributed by atoms with E-state index < -0.39 is 0 Å². The number of anilines is 1. The number of hydrogen-bond acceptors (Lipinski definition) is 4. The first kappa shape index (κ1) is 12.8. The van der Waals surface area contributed by atoms with Crippen LogP contribution in [0.15, 0.2) is 6.33 Å². The maximum Gasteiger partial charge on any atom is 0.187 e. The molecule has 0 aromatic carbocycles. The molecule has 4 nitrogen and oxygen atoms in total. The molecule has 1 aromatic heterocycles. The number of piperidine rings is 1. The lowest BCUT2D eigenvalue weighted by Gasteiger charge is -2.33. The standard InChI is InChI=1S/C14H21FN4/c1-2-12-13(15)14(17-9-16-12)19-7-5-11(6-8-19)18-10-3-4-10/h9-11,18H,2-8H2,1H3. The van der Waals surface area contributed by atoms with Gasteiger partial charge in [0.25, 0.3) is 0 Å². The van der Waals surface area contributed by atoms with Crippen LogP contribution in [0, 0.1) is 5.82 Å². The van der Waals surface area contributed by atoms with E-state index in [1.54, 1.807) is 0 Å². The lowest BCUT2D eigenvalue weighted by molar-refractivity contribution is 0.408. The van der Waals surface area contributed by atoms with Crippen LogP contribution in [0.4, 0.5) is 10.2 Å². The second kappa shape index (κ2) is 5.41. The molecule has 1 aliphatic heterocycles. The molecule has 1 aromatic rings. The Morgan fingerprint density at radius 3 is 2.53 bits per heavy atom. The average Bonchev–Trinajstić information content (AvgIpc) is 3.24. The monoisotopic (exact) mass is 264 g/mol. The second-order valence-electron chi connectivity index (χ2n) is 5.51. The Labute approximate surface area is 113 Å². The minimum atomic E-state index is -0.237. The maximum atomic E-state index is 14.2. The van der Waals surface area contributed by atoms with Gasteiger partial charge in [-0.05, 0) is 32.1 Å². The molecule has 3 rings (SSSR count). The fourth-order valence-electron chi connectivity index (χ4n) is 2.70. The topological polar surface area (TPSA) is 41.1 Å². The summed E-state index contributed by atoms with van der Waals surface area (Å²) in [4.78, 5) is 10.2. The van der Waals surface area contributed by atoms with Gasteiger partial charge in [-0.25, -0.2) is 14.4 Å². The number of halogens is 1. The van der Waals surface area contributed by atoms with Crippen molar-refractivity contribution in [2.75, 3.05) is 18.0 Å². The molecule has 0 unspecified atom stereocenters. The number of hydrogen-bond donors (Lipinski definition) is 1. The van der Waals surface area contributed by atoms with E-state index >= 15 is 0 Å². The Hall–Kier alpha value is -1.23. The van der Waals surface area contributed by atoms with Gasteiger partial charge in [-0.2, -0.15) is 0 Å². The molecule has 2 aliphatic rings. The summed E-state index contributed by atoms with van der Waals surface area (Å²) in [5, 5.41) is 3.65. The molecule has 2 heterocycles. The quantitative estimate of drug-likeness (QED) is 0.902. The van der Waals surface area contributed by atoms with Crippen molar-refractivity contribution in [3.63, 3.8) is 0 Å². The van der Waals surface area contributed by atoms with E-state index in [0.29, 0.717) is 24.0 Å². The summed E-state index contributed by atoms with van der Waals surface area (Å²) >= 11 is 0. The van der Waals surface area contributed by atoms with Crippen molar-refractivity contribution in [1.82, 2.24) is 15.3 Å². The molecule has 1 N–H and O–H groups in total. The van der Waals surface area contributed by atoms with Gasteiger partial charge in [-0.3, -0.25) is 0 Å². The van der Waals surface area contributed by atoms with Gasteiger partial charge in [0, 0.05) is 25.2 Å². The molecular weight excluding hydrogens is 243 g/mol. The fraction of sp³-hybridized carbons (Fsp3) is 0.714. The number of aromatic nitrogens is 2. The second-order valence-corrected chi connectivity index (χ2v) is 5.51. The van der Waals surface area contributed by atoms with Gasteiger partial charge in [0.1, 0.15) is 6.33 Å². The van der Waals surface area contributed by atoms with Gasteiger partial charge < -0.3 is 10.2 Å². The van der Waals surface area contributed by atoms with E-state index in [0.717, 1.165) is 32.0 Å². The summed E-state index contributed by atoms with van der Waals surface area (Å²) in [6.45, 7) is 3.67. The van der Waals surface area contributed by atoms with Crippen LogP contribution in [0.2, 0.25) is 0 Å². The lowest BCUT2D eigenvalue weighted by atomic mass is 10.0. The fourth-order valence-corrected chi connectivity index (χ4v) is 2.70. The molecule has 0 radical (unpaired) electrons. The van der Waals surface area contributed by atoms with Crippen LogP contribution < -0.4 is 10.2 Å². The summed E-state index contributed by atoms with van der Waals surface area (Å²) in [5.41, 5.74) is 0.517. The van der Waals surface area contributed by atoms with Gasteiger partial charge >= 0.3 is 0 Å². The molecule has 5 heteroatoms.